The number of fused-ring (bicyclic) bond motifs is 1. The molecule has 6 nitrogen and oxygen atoms in total. The lowest BCUT2D eigenvalue weighted by molar-refractivity contribution is 0.676. The highest BCUT2D eigenvalue weighted by molar-refractivity contribution is 6.04. The Hall–Kier alpha value is -2.76. The molecule has 0 saturated carbocycles. The van der Waals surface area contributed by atoms with Crippen molar-refractivity contribution >= 4 is 11.7 Å². The molecule has 1 atom stereocenters. The van der Waals surface area contributed by atoms with Crippen LogP contribution in [0, 0.1) is 6.92 Å². The number of hydrogen-bond acceptors (Lipinski definition) is 4. The molecule has 0 amide bonds. The van der Waals surface area contributed by atoms with Crippen LogP contribution in [0.3, 0.4) is 0 Å². The summed E-state index contributed by atoms with van der Waals surface area (Å²) >= 11 is 0. The molecule has 1 unspecified atom stereocenters. The van der Waals surface area contributed by atoms with Gasteiger partial charge >= 0.3 is 0 Å². The van der Waals surface area contributed by atoms with E-state index in [0.717, 1.165) is 35.4 Å². The third-order valence-electron chi connectivity index (χ3n) is 3.87. The molecule has 0 saturated heterocycles. The molecule has 4 N–H and O–H groups in total. The maximum atomic E-state index is 5.41. The van der Waals surface area contributed by atoms with E-state index < -0.39 is 0 Å². The average Bonchev–Trinajstić information content (AvgIpc) is 2.53. The Bertz CT molecular complexity index is 732. The van der Waals surface area contributed by atoms with Gasteiger partial charge in [-0.3, -0.25) is 9.97 Å². The second kappa shape index (κ2) is 5.93. The van der Waals surface area contributed by atoms with Crippen LogP contribution in [0.15, 0.2) is 47.0 Å². The summed E-state index contributed by atoms with van der Waals surface area (Å²) in [4.78, 5) is 8.60. The number of guanidine groups is 1. The second-order valence-electron chi connectivity index (χ2n) is 5.41. The Labute approximate surface area is 129 Å². The van der Waals surface area contributed by atoms with Crippen LogP contribution in [0.4, 0.5) is 0 Å². The highest BCUT2D eigenvalue weighted by Gasteiger charge is 2.27. The molecular weight excluding hydrogens is 276 g/mol. The Balaban J connectivity index is 2.06. The summed E-state index contributed by atoms with van der Waals surface area (Å²) in [5, 5.41) is 8.10. The van der Waals surface area contributed by atoms with E-state index >= 15 is 0 Å². The van der Waals surface area contributed by atoms with Gasteiger partial charge in [-0.15, -0.1) is 5.10 Å². The van der Waals surface area contributed by atoms with Crippen molar-refractivity contribution in [3.05, 3.63) is 59.2 Å². The highest BCUT2D eigenvalue weighted by atomic mass is 15.3. The van der Waals surface area contributed by atoms with Gasteiger partial charge in [0.05, 0.1) is 11.4 Å². The zero-order valence-corrected chi connectivity index (χ0v) is 12.4. The van der Waals surface area contributed by atoms with Gasteiger partial charge in [0, 0.05) is 24.2 Å². The normalized spacial score (nSPS) is 18.8. The second-order valence-corrected chi connectivity index (χ2v) is 5.41. The van der Waals surface area contributed by atoms with Gasteiger partial charge in [-0.25, -0.2) is 0 Å². The van der Waals surface area contributed by atoms with Crippen molar-refractivity contribution in [3.63, 3.8) is 0 Å². The first-order valence-corrected chi connectivity index (χ1v) is 7.15. The third kappa shape index (κ3) is 2.81. The number of rotatable bonds is 2. The fourth-order valence-electron chi connectivity index (χ4n) is 2.88. The van der Waals surface area contributed by atoms with E-state index in [1.165, 1.54) is 5.56 Å². The molecule has 2 heterocycles. The topological polar surface area (TPSA) is 103 Å². The highest BCUT2D eigenvalue weighted by Crippen LogP contribution is 2.33. The van der Waals surface area contributed by atoms with Crippen LogP contribution in [-0.2, 0) is 6.42 Å². The van der Waals surface area contributed by atoms with Gasteiger partial charge in [0.2, 0.25) is 5.96 Å². The summed E-state index contributed by atoms with van der Waals surface area (Å²) in [6.07, 6.45) is 7.10. The first-order chi connectivity index (χ1) is 10.6. The first kappa shape index (κ1) is 14.2. The van der Waals surface area contributed by atoms with E-state index in [0.29, 0.717) is 5.92 Å². The monoisotopic (exact) mass is 294 g/mol. The van der Waals surface area contributed by atoms with E-state index in [4.69, 9.17) is 11.5 Å². The van der Waals surface area contributed by atoms with Crippen molar-refractivity contribution in [2.75, 3.05) is 0 Å². The van der Waals surface area contributed by atoms with E-state index in [-0.39, 0.29) is 5.96 Å². The van der Waals surface area contributed by atoms with Crippen LogP contribution in [0.25, 0.3) is 0 Å². The lowest BCUT2D eigenvalue weighted by Crippen LogP contribution is -2.24. The van der Waals surface area contributed by atoms with Gasteiger partial charge in [-0.1, -0.05) is 0 Å². The average molecular weight is 294 g/mol. The van der Waals surface area contributed by atoms with Gasteiger partial charge in [0.25, 0.3) is 0 Å². The molecule has 2 aromatic rings. The molecule has 0 aromatic carbocycles. The lowest BCUT2D eigenvalue weighted by Gasteiger charge is -2.26. The lowest BCUT2D eigenvalue weighted by atomic mass is 9.80. The molecule has 1 aliphatic carbocycles. The quantitative estimate of drug-likeness (QED) is 0.497. The van der Waals surface area contributed by atoms with E-state index in [1.54, 1.807) is 12.4 Å². The van der Waals surface area contributed by atoms with Gasteiger partial charge in [0.1, 0.15) is 0 Å². The number of nitrogens with two attached hydrogens (primary N) is 2. The summed E-state index contributed by atoms with van der Waals surface area (Å²) in [6, 6.07) is 6.05. The summed E-state index contributed by atoms with van der Waals surface area (Å²) < 4.78 is 0. The van der Waals surface area contributed by atoms with Crippen LogP contribution in [0.5, 0.6) is 0 Å². The predicted molar refractivity (Wildman–Crippen MR) is 86.6 cm³/mol. The molecule has 3 rings (SSSR count). The Morgan fingerprint density at radius 1 is 1.14 bits per heavy atom. The minimum atomic E-state index is -0.0402. The number of nitrogens with zero attached hydrogens (tertiary/aromatic N) is 4. The zero-order valence-electron chi connectivity index (χ0n) is 12.4. The van der Waals surface area contributed by atoms with Crippen molar-refractivity contribution in [3.8, 4) is 0 Å². The molecule has 0 fully saturated rings. The molecule has 0 aliphatic heterocycles. The van der Waals surface area contributed by atoms with Crippen LogP contribution in [0.2, 0.25) is 0 Å². The molecule has 22 heavy (non-hydrogen) atoms. The fraction of sp³-hybridized carbons (Fsp3) is 0.250. The van der Waals surface area contributed by atoms with Crippen LogP contribution in [0.1, 0.15) is 34.7 Å². The number of aryl methyl sites for hydroxylation is 1. The van der Waals surface area contributed by atoms with Crippen molar-refractivity contribution in [1.82, 2.24) is 9.97 Å². The summed E-state index contributed by atoms with van der Waals surface area (Å²) in [6.45, 7) is 2.05. The van der Waals surface area contributed by atoms with E-state index in [9.17, 15) is 0 Å². The van der Waals surface area contributed by atoms with Crippen LogP contribution < -0.4 is 11.5 Å². The summed E-state index contributed by atoms with van der Waals surface area (Å²) in [5.74, 6) is 0.263. The largest absolute Gasteiger partial charge is 0.369 e. The predicted octanol–water partition coefficient (Wildman–Crippen LogP) is 1.49. The van der Waals surface area contributed by atoms with Crippen molar-refractivity contribution in [1.29, 1.82) is 0 Å². The summed E-state index contributed by atoms with van der Waals surface area (Å²) in [7, 11) is 0. The van der Waals surface area contributed by atoms with Crippen molar-refractivity contribution in [2.45, 2.75) is 25.7 Å². The maximum Gasteiger partial charge on any atom is 0.211 e. The maximum absolute atomic E-state index is 5.41. The van der Waals surface area contributed by atoms with Crippen LogP contribution in [-0.4, -0.2) is 21.6 Å². The minimum absolute atomic E-state index is 0.0402. The molecule has 0 bridgehead atoms. The minimum Gasteiger partial charge on any atom is -0.369 e. The fourth-order valence-corrected chi connectivity index (χ4v) is 2.88. The molecular formula is C16H18N6. The molecule has 0 spiro atoms. The molecule has 2 aromatic heterocycles. The third-order valence-corrected chi connectivity index (χ3v) is 3.87. The van der Waals surface area contributed by atoms with Gasteiger partial charge < -0.3 is 11.5 Å². The SMILES string of the molecule is Cc1ccnc2c1/C(=N/N=C(N)N)CC(c1ccncc1)C2. The molecule has 112 valence electrons. The number of pyridine rings is 2. The molecule has 0 radical (unpaired) electrons. The van der Waals surface area contributed by atoms with E-state index in [2.05, 4.69) is 27.1 Å². The standard InChI is InChI=1S/C16H18N6/c1-10-2-7-20-13-8-12(11-3-5-19-6-4-11)9-14(15(10)13)21-22-16(17)18/h2-7,12H,8-9H2,1H3,(H4,17,18,22)/b21-14+. The van der Waals surface area contributed by atoms with Crippen molar-refractivity contribution < 1.29 is 0 Å². The molecule has 1 aliphatic rings. The number of aromatic nitrogens is 2. The van der Waals surface area contributed by atoms with E-state index in [1.807, 2.05) is 24.4 Å². The van der Waals surface area contributed by atoms with Crippen LogP contribution >= 0.6 is 0 Å². The zero-order chi connectivity index (χ0) is 15.5. The molecule has 6 heteroatoms. The Morgan fingerprint density at radius 2 is 1.91 bits per heavy atom. The number of hydrogen-bond donors (Lipinski definition) is 2. The smallest absolute Gasteiger partial charge is 0.211 e. The Morgan fingerprint density at radius 3 is 2.64 bits per heavy atom. The van der Waals surface area contributed by atoms with Gasteiger partial charge in [0.15, 0.2) is 0 Å². The first-order valence-electron chi connectivity index (χ1n) is 7.15. The van der Waals surface area contributed by atoms with Gasteiger partial charge in [-0.05, 0) is 55.0 Å². The summed E-state index contributed by atoms with van der Waals surface area (Å²) in [5.41, 5.74) is 16.2. The Kier molecular flexibility index (Phi) is 3.82. The van der Waals surface area contributed by atoms with Crippen molar-refractivity contribution in [2.24, 2.45) is 21.7 Å². The van der Waals surface area contributed by atoms with Gasteiger partial charge in [-0.2, -0.15) is 5.10 Å².